The Balaban J connectivity index is 2.11. The number of benzene rings is 2. The number of pyridine rings is 1. The predicted octanol–water partition coefficient (Wildman–Crippen LogP) is 2.98. The molecular formula is C19H20N2O3S. The van der Waals surface area contributed by atoms with Crippen molar-refractivity contribution in [2.75, 3.05) is 13.2 Å². The molecule has 0 spiro atoms. The van der Waals surface area contributed by atoms with Crippen molar-refractivity contribution in [3.63, 3.8) is 0 Å². The van der Waals surface area contributed by atoms with Crippen LogP contribution in [0.25, 0.3) is 10.9 Å². The summed E-state index contributed by atoms with van der Waals surface area (Å²) >= 11 is 0. The zero-order chi connectivity index (χ0) is 17.9. The first kappa shape index (κ1) is 17.5. The van der Waals surface area contributed by atoms with Crippen LogP contribution in [0.4, 0.5) is 0 Å². The summed E-state index contributed by atoms with van der Waals surface area (Å²) in [6.07, 6.45) is 1.58. The number of para-hydroxylation sites is 1. The third-order valence-corrected chi connectivity index (χ3v) is 6.22. The normalized spacial score (nSPS) is 13.2. The second kappa shape index (κ2) is 7.31. The smallest absolute Gasteiger partial charge is 0.245 e. The third-order valence-electron chi connectivity index (χ3n) is 4.22. The Kier molecular flexibility index (Phi) is 5.13. The lowest BCUT2D eigenvalue weighted by molar-refractivity contribution is 0.232. The summed E-state index contributed by atoms with van der Waals surface area (Å²) in [4.78, 5) is 4.41. The molecule has 0 amide bonds. The summed E-state index contributed by atoms with van der Waals surface area (Å²) in [6, 6.07) is 17.7. The molecule has 0 saturated heterocycles. The highest BCUT2D eigenvalue weighted by molar-refractivity contribution is 7.89. The molecule has 130 valence electrons. The Hall–Kier alpha value is -2.28. The van der Waals surface area contributed by atoms with Gasteiger partial charge in [-0.3, -0.25) is 4.98 Å². The summed E-state index contributed by atoms with van der Waals surface area (Å²) in [5, 5.41) is 10.2. The number of aliphatic hydroxyl groups excluding tert-OH is 1. The summed E-state index contributed by atoms with van der Waals surface area (Å²) in [5.74, 6) is 0. The Labute approximate surface area is 147 Å². The average Bonchev–Trinajstić information content (AvgIpc) is 2.65. The van der Waals surface area contributed by atoms with E-state index >= 15 is 0 Å². The van der Waals surface area contributed by atoms with Gasteiger partial charge in [0.25, 0.3) is 0 Å². The van der Waals surface area contributed by atoms with Crippen LogP contribution < -0.4 is 0 Å². The first-order chi connectivity index (χ1) is 12.1. The standard InChI is InChI=1S/C19H20N2O3S/c1-15(16-7-3-2-4-8-16)21(13-14-22)25(23,24)18-11-5-9-17-10-6-12-20-19(17)18/h2-12,15,22H,13-14H2,1H3/t15-/m1/s1. The van der Waals surface area contributed by atoms with Crippen molar-refractivity contribution in [2.45, 2.75) is 17.9 Å². The summed E-state index contributed by atoms with van der Waals surface area (Å²) in [6.45, 7) is 1.58. The van der Waals surface area contributed by atoms with Crippen LogP contribution in [0.3, 0.4) is 0 Å². The van der Waals surface area contributed by atoms with Crippen molar-refractivity contribution in [2.24, 2.45) is 0 Å². The number of hydrogen-bond acceptors (Lipinski definition) is 4. The molecule has 0 aliphatic rings. The van der Waals surface area contributed by atoms with E-state index in [1.54, 1.807) is 24.4 Å². The second-order valence-corrected chi connectivity index (χ2v) is 7.62. The highest BCUT2D eigenvalue weighted by Gasteiger charge is 2.31. The molecule has 1 atom stereocenters. The van der Waals surface area contributed by atoms with Gasteiger partial charge in [0.05, 0.1) is 12.1 Å². The van der Waals surface area contributed by atoms with Crippen LogP contribution >= 0.6 is 0 Å². The van der Waals surface area contributed by atoms with Gasteiger partial charge in [-0.25, -0.2) is 8.42 Å². The number of nitrogens with zero attached hydrogens (tertiary/aromatic N) is 2. The highest BCUT2D eigenvalue weighted by Crippen LogP contribution is 2.30. The van der Waals surface area contributed by atoms with Gasteiger partial charge in [-0.05, 0) is 24.6 Å². The van der Waals surface area contributed by atoms with Crippen molar-refractivity contribution in [3.8, 4) is 0 Å². The Bertz CT molecular complexity index is 953. The van der Waals surface area contributed by atoms with Crippen LogP contribution in [-0.2, 0) is 10.0 Å². The topological polar surface area (TPSA) is 70.5 Å². The minimum Gasteiger partial charge on any atom is -0.395 e. The van der Waals surface area contributed by atoms with Crippen molar-refractivity contribution < 1.29 is 13.5 Å². The van der Waals surface area contributed by atoms with Gasteiger partial charge in [-0.15, -0.1) is 0 Å². The zero-order valence-corrected chi connectivity index (χ0v) is 14.7. The fourth-order valence-corrected chi connectivity index (χ4v) is 4.71. The van der Waals surface area contributed by atoms with E-state index in [2.05, 4.69) is 4.98 Å². The van der Waals surface area contributed by atoms with Crippen molar-refractivity contribution in [1.29, 1.82) is 0 Å². The van der Waals surface area contributed by atoms with E-state index in [0.717, 1.165) is 10.9 Å². The largest absolute Gasteiger partial charge is 0.395 e. The average molecular weight is 356 g/mol. The van der Waals surface area contributed by atoms with E-state index in [-0.39, 0.29) is 18.0 Å². The van der Waals surface area contributed by atoms with Crippen LogP contribution in [0.5, 0.6) is 0 Å². The zero-order valence-electron chi connectivity index (χ0n) is 13.9. The molecule has 6 heteroatoms. The Morgan fingerprint density at radius 2 is 1.76 bits per heavy atom. The lowest BCUT2D eigenvalue weighted by Gasteiger charge is -2.28. The molecule has 5 nitrogen and oxygen atoms in total. The van der Waals surface area contributed by atoms with Gasteiger partial charge in [0.1, 0.15) is 4.90 Å². The molecule has 1 N–H and O–H groups in total. The van der Waals surface area contributed by atoms with Gasteiger partial charge in [0.15, 0.2) is 0 Å². The van der Waals surface area contributed by atoms with Crippen molar-refractivity contribution in [1.82, 2.24) is 9.29 Å². The molecule has 0 aliphatic heterocycles. The minimum absolute atomic E-state index is 0.0155. The van der Waals surface area contributed by atoms with Gasteiger partial charge in [-0.2, -0.15) is 4.31 Å². The van der Waals surface area contributed by atoms with Crippen LogP contribution in [0.1, 0.15) is 18.5 Å². The number of aromatic nitrogens is 1. The molecule has 3 aromatic rings. The van der Waals surface area contributed by atoms with Crippen LogP contribution in [0.15, 0.2) is 71.8 Å². The lowest BCUT2D eigenvalue weighted by atomic mass is 10.1. The van der Waals surface area contributed by atoms with Crippen molar-refractivity contribution in [3.05, 3.63) is 72.4 Å². The monoisotopic (exact) mass is 356 g/mol. The minimum atomic E-state index is -3.83. The molecule has 0 fully saturated rings. The van der Waals surface area contributed by atoms with Crippen molar-refractivity contribution >= 4 is 20.9 Å². The lowest BCUT2D eigenvalue weighted by Crippen LogP contribution is -2.36. The molecule has 1 heterocycles. The molecule has 0 unspecified atom stereocenters. The van der Waals surface area contributed by atoms with E-state index in [0.29, 0.717) is 5.52 Å². The summed E-state index contributed by atoms with van der Waals surface area (Å²) < 4.78 is 28.0. The maximum atomic E-state index is 13.3. The van der Waals surface area contributed by atoms with E-state index in [1.165, 1.54) is 4.31 Å². The molecule has 1 aromatic heterocycles. The molecule has 3 rings (SSSR count). The molecule has 0 aliphatic carbocycles. The van der Waals surface area contributed by atoms with Gasteiger partial charge in [-0.1, -0.05) is 48.5 Å². The number of sulfonamides is 1. The number of aliphatic hydroxyl groups is 1. The van der Waals surface area contributed by atoms with Crippen LogP contribution in [-0.4, -0.2) is 36.0 Å². The van der Waals surface area contributed by atoms with Crippen LogP contribution in [0.2, 0.25) is 0 Å². The predicted molar refractivity (Wildman–Crippen MR) is 97.6 cm³/mol. The van der Waals surface area contributed by atoms with Gasteiger partial charge in [0, 0.05) is 24.2 Å². The molecule has 0 bridgehead atoms. The maximum absolute atomic E-state index is 13.3. The molecule has 25 heavy (non-hydrogen) atoms. The third kappa shape index (κ3) is 3.42. The Morgan fingerprint density at radius 1 is 1.04 bits per heavy atom. The van der Waals surface area contributed by atoms with Gasteiger partial charge >= 0.3 is 0 Å². The quantitative estimate of drug-likeness (QED) is 0.737. The van der Waals surface area contributed by atoms with Gasteiger partial charge < -0.3 is 5.11 Å². The SMILES string of the molecule is C[C@H](c1ccccc1)N(CCO)S(=O)(=O)c1cccc2cccnc12. The Morgan fingerprint density at radius 3 is 2.48 bits per heavy atom. The first-order valence-electron chi connectivity index (χ1n) is 8.07. The molecule has 2 aromatic carbocycles. The van der Waals surface area contributed by atoms with E-state index in [9.17, 15) is 13.5 Å². The number of fused-ring (bicyclic) bond motifs is 1. The maximum Gasteiger partial charge on any atom is 0.245 e. The molecular weight excluding hydrogens is 336 g/mol. The summed E-state index contributed by atoms with van der Waals surface area (Å²) in [5.41, 5.74) is 1.31. The fourth-order valence-electron chi connectivity index (χ4n) is 2.93. The van der Waals surface area contributed by atoms with E-state index < -0.39 is 16.1 Å². The molecule has 0 saturated carbocycles. The number of hydrogen-bond donors (Lipinski definition) is 1. The number of rotatable bonds is 6. The fraction of sp³-hybridized carbons (Fsp3) is 0.211. The van der Waals surface area contributed by atoms with Gasteiger partial charge in [0.2, 0.25) is 10.0 Å². The van der Waals surface area contributed by atoms with Crippen LogP contribution in [0, 0.1) is 0 Å². The highest BCUT2D eigenvalue weighted by atomic mass is 32.2. The van der Waals surface area contributed by atoms with E-state index in [1.807, 2.05) is 49.4 Å². The second-order valence-electron chi connectivity index (χ2n) is 5.76. The van der Waals surface area contributed by atoms with E-state index in [4.69, 9.17) is 0 Å². The first-order valence-corrected chi connectivity index (χ1v) is 9.51. The molecule has 0 radical (unpaired) electrons. The summed E-state index contributed by atoms with van der Waals surface area (Å²) in [7, 11) is -3.83.